The van der Waals surface area contributed by atoms with Crippen molar-refractivity contribution in [2.24, 2.45) is 5.10 Å². The summed E-state index contributed by atoms with van der Waals surface area (Å²) in [6.07, 6.45) is 1.65. The summed E-state index contributed by atoms with van der Waals surface area (Å²) in [6.45, 7) is 6.44. The summed E-state index contributed by atoms with van der Waals surface area (Å²) in [5.41, 5.74) is 7.36. The van der Waals surface area contributed by atoms with Gasteiger partial charge in [-0.2, -0.15) is 5.10 Å². The number of hydrogen-bond acceptors (Lipinski definition) is 6. The maximum absolute atomic E-state index is 12.4. The molecule has 174 valence electrons. The summed E-state index contributed by atoms with van der Waals surface area (Å²) in [5.74, 6) is 1.29. The van der Waals surface area contributed by atoms with E-state index < -0.39 is 0 Å². The van der Waals surface area contributed by atoms with Crippen molar-refractivity contribution in [2.45, 2.75) is 36.3 Å². The quantitative estimate of drug-likeness (QED) is 0.179. The Morgan fingerprint density at radius 2 is 1.88 bits per heavy atom. The molecule has 0 aliphatic carbocycles. The monoisotopic (exact) mass is 489 g/mol. The molecule has 7 heteroatoms. The SMILES string of the molecule is COc1ccc(/C=N/NC(=O)c2ccc(C(C)(C)C)cc2)cc1CSc1nc2ccccc2s1. The number of thioether (sulfide) groups is 1. The third-order valence-electron chi connectivity index (χ3n) is 5.32. The zero-order chi connectivity index (χ0) is 24.1. The maximum Gasteiger partial charge on any atom is 0.271 e. The molecule has 1 amide bonds. The summed E-state index contributed by atoms with van der Waals surface area (Å²) < 4.78 is 7.74. The van der Waals surface area contributed by atoms with Gasteiger partial charge in [0.05, 0.1) is 23.5 Å². The normalized spacial score (nSPS) is 11.8. The second-order valence-corrected chi connectivity index (χ2v) is 11.1. The highest BCUT2D eigenvalue weighted by atomic mass is 32.2. The molecule has 1 aromatic heterocycles. The number of ether oxygens (including phenoxy) is 1. The van der Waals surface area contributed by atoms with Crippen LogP contribution in [0.2, 0.25) is 0 Å². The number of hydrogen-bond donors (Lipinski definition) is 1. The highest BCUT2D eigenvalue weighted by Gasteiger charge is 2.14. The number of nitrogens with one attached hydrogen (secondary N) is 1. The van der Waals surface area contributed by atoms with Crippen LogP contribution in [0, 0.1) is 0 Å². The number of carbonyl (C=O) groups excluding carboxylic acids is 1. The smallest absolute Gasteiger partial charge is 0.271 e. The second-order valence-electron chi connectivity index (χ2n) is 8.83. The molecule has 5 nitrogen and oxygen atoms in total. The van der Waals surface area contributed by atoms with Crippen LogP contribution in [0.4, 0.5) is 0 Å². The first-order valence-corrected chi connectivity index (χ1v) is 12.7. The fourth-order valence-corrected chi connectivity index (χ4v) is 5.44. The molecule has 0 radical (unpaired) electrons. The van der Waals surface area contributed by atoms with Crippen LogP contribution in [0.25, 0.3) is 10.2 Å². The van der Waals surface area contributed by atoms with Crippen molar-refractivity contribution in [2.75, 3.05) is 7.11 Å². The van der Waals surface area contributed by atoms with Gasteiger partial charge in [0, 0.05) is 16.9 Å². The van der Waals surface area contributed by atoms with Gasteiger partial charge >= 0.3 is 0 Å². The predicted molar refractivity (Wildman–Crippen MR) is 142 cm³/mol. The van der Waals surface area contributed by atoms with E-state index in [0.717, 1.165) is 32.5 Å². The first kappa shape index (κ1) is 24.0. The molecule has 0 saturated heterocycles. The Hall–Kier alpha value is -3.16. The zero-order valence-corrected chi connectivity index (χ0v) is 21.3. The van der Waals surface area contributed by atoms with Gasteiger partial charge in [-0.05, 0) is 59.0 Å². The summed E-state index contributed by atoms with van der Waals surface area (Å²) in [4.78, 5) is 17.1. The van der Waals surface area contributed by atoms with Gasteiger partial charge in [-0.3, -0.25) is 4.79 Å². The van der Waals surface area contributed by atoms with Crippen molar-refractivity contribution < 1.29 is 9.53 Å². The van der Waals surface area contributed by atoms with Gasteiger partial charge < -0.3 is 4.74 Å². The summed E-state index contributed by atoms with van der Waals surface area (Å²) in [6, 6.07) is 21.6. The minimum atomic E-state index is -0.239. The van der Waals surface area contributed by atoms with Crippen molar-refractivity contribution >= 4 is 45.4 Å². The van der Waals surface area contributed by atoms with Crippen LogP contribution in [0.1, 0.15) is 47.8 Å². The molecular formula is C27H27N3O2S2. The number of para-hydroxylation sites is 1. The molecule has 1 N–H and O–H groups in total. The van der Waals surface area contributed by atoms with Crippen LogP contribution in [-0.2, 0) is 11.2 Å². The summed E-state index contributed by atoms with van der Waals surface area (Å²) in [7, 11) is 1.67. The van der Waals surface area contributed by atoms with Crippen LogP contribution >= 0.6 is 23.1 Å². The van der Waals surface area contributed by atoms with E-state index in [9.17, 15) is 4.79 Å². The van der Waals surface area contributed by atoms with Crippen LogP contribution in [0.5, 0.6) is 5.75 Å². The lowest BCUT2D eigenvalue weighted by Gasteiger charge is -2.18. The maximum atomic E-state index is 12.4. The third-order valence-corrected chi connectivity index (χ3v) is 7.55. The van der Waals surface area contributed by atoms with E-state index in [2.05, 4.69) is 42.3 Å². The number of hydrazone groups is 1. The lowest BCUT2D eigenvalue weighted by molar-refractivity contribution is 0.0955. The number of thiazole rings is 1. The van der Waals surface area contributed by atoms with E-state index in [-0.39, 0.29) is 11.3 Å². The lowest BCUT2D eigenvalue weighted by atomic mass is 9.87. The molecule has 0 saturated carbocycles. The Kier molecular flexibility index (Phi) is 7.34. The molecule has 1 heterocycles. The molecular weight excluding hydrogens is 462 g/mol. The molecule has 0 unspecified atom stereocenters. The largest absolute Gasteiger partial charge is 0.496 e. The van der Waals surface area contributed by atoms with Gasteiger partial charge in [0.15, 0.2) is 4.34 Å². The van der Waals surface area contributed by atoms with Crippen molar-refractivity contribution in [1.29, 1.82) is 0 Å². The zero-order valence-electron chi connectivity index (χ0n) is 19.7. The topological polar surface area (TPSA) is 63.6 Å². The van der Waals surface area contributed by atoms with Gasteiger partial charge in [0.25, 0.3) is 5.91 Å². The van der Waals surface area contributed by atoms with Gasteiger partial charge in [0.2, 0.25) is 0 Å². The van der Waals surface area contributed by atoms with E-state index >= 15 is 0 Å². The van der Waals surface area contributed by atoms with Crippen LogP contribution in [0.3, 0.4) is 0 Å². The first-order chi connectivity index (χ1) is 16.3. The van der Waals surface area contributed by atoms with Gasteiger partial charge in [-0.15, -0.1) is 11.3 Å². The Labute approximate surface area is 208 Å². The standard InChI is InChI=1S/C27H27N3O2S2/c1-27(2,3)21-12-10-19(11-13-21)25(31)30-28-16-18-9-14-23(32-4)20(15-18)17-33-26-29-22-7-5-6-8-24(22)34-26/h5-16H,17H2,1-4H3,(H,30,31)/b28-16+. The number of amides is 1. The molecule has 34 heavy (non-hydrogen) atoms. The number of nitrogens with zero attached hydrogens (tertiary/aromatic N) is 2. The Balaban J connectivity index is 1.41. The van der Waals surface area contributed by atoms with Gasteiger partial charge in [-0.25, -0.2) is 10.4 Å². The number of aromatic nitrogens is 1. The average molecular weight is 490 g/mol. The molecule has 3 aromatic carbocycles. The van der Waals surface area contributed by atoms with Crippen molar-refractivity contribution in [3.63, 3.8) is 0 Å². The number of rotatable bonds is 7. The highest BCUT2D eigenvalue weighted by molar-refractivity contribution is 8.00. The van der Waals surface area contributed by atoms with E-state index in [0.29, 0.717) is 5.56 Å². The van der Waals surface area contributed by atoms with Crippen LogP contribution in [0.15, 0.2) is 76.2 Å². The molecule has 0 bridgehead atoms. The fourth-order valence-electron chi connectivity index (χ4n) is 3.40. The van der Waals surface area contributed by atoms with Crippen molar-refractivity contribution in [3.8, 4) is 5.75 Å². The molecule has 0 aliphatic rings. The van der Waals surface area contributed by atoms with Crippen molar-refractivity contribution in [1.82, 2.24) is 10.4 Å². The van der Waals surface area contributed by atoms with Crippen LogP contribution in [-0.4, -0.2) is 24.2 Å². The van der Waals surface area contributed by atoms with E-state index in [1.54, 1.807) is 36.4 Å². The van der Waals surface area contributed by atoms with E-state index in [4.69, 9.17) is 4.74 Å². The fraction of sp³-hybridized carbons (Fsp3) is 0.222. The number of fused-ring (bicyclic) bond motifs is 1. The number of benzene rings is 3. The molecule has 0 atom stereocenters. The second kappa shape index (κ2) is 10.4. The molecule has 0 fully saturated rings. The average Bonchev–Trinajstić information content (AvgIpc) is 3.25. The summed E-state index contributed by atoms with van der Waals surface area (Å²) in [5, 5.41) is 4.15. The van der Waals surface area contributed by atoms with Crippen molar-refractivity contribution in [3.05, 3.63) is 89.0 Å². The Bertz CT molecular complexity index is 1290. The lowest BCUT2D eigenvalue weighted by Crippen LogP contribution is -2.18. The third kappa shape index (κ3) is 5.85. The van der Waals surface area contributed by atoms with E-state index in [1.807, 2.05) is 60.7 Å². The first-order valence-electron chi connectivity index (χ1n) is 10.9. The molecule has 4 rings (SSSR count). The molecule has 0 spiro atoms. The molecule has 0 aliphatic heterocycles. The van der Waals surface area contributed by atoms with Gasteiger partial charge in [0.1, 0.15) is 5.75 Å². The Morgan fingerprint density at radius 3 is 2.59 bits per heavy atom. The highest BCUT2D eigenvalue weighted by Crippen LogP contribution is 2.33. The number of methoxy groups -OCH3 is 1. The van der Waals surface area contributed by atoms with Crippen LogP contribution < -0.4 is 10.2 Å². The summed E-state index contributed by atoms with van der Waals surface area (Å²) >= 11 is 3.37. The minimum absolute atomic E-state index is 0.0462. The predicted octanol–water partition coefficient (Wildman–Crippen LogP) is 6.66. The Morgan fingerprint density at radius 1 is 1.12 bits per heavy atom. The van der Waals surface area contributed by atoms with E-state index in [1.165, 1.54) is 10.3 Å². The number of carbonyl (C=O) groups is 1. The van der Waals surface area contributed by atoms with Gasteiger partial charge in [-0.1, -0.05) is 56.8 Å². The molecule has 4 aromatic rings. The minimum Gasteiger partial charge on any atom is -0.496 e.